The van der Waals surface area contributed by atoms with Crippen LogP contribution in [0.4, 0.5) is 17.2 Å². The number of hydrogen-bond acceptors (Lipinski definition) is 6. The van der Waals surface area contributed by atoms with Gasteiger partial charge in [0.2, 0.25) is 5.91 Å². The zero-order valence-corrected chi connectivity index (χ0v) is 15.9. The second kappa shape index (κ2) is 7.01. The van der Waals surface area contributed by atoms with Gasteiger partial charge >= 0.3 is 0 Å². The predicted molar refractivity (Wildman–Crippen MR) is 110 cm³/mol. The topological polar surface area (TPSA) is 84.1 Å². The van der Waals surface area contributed by atoms with Crippen LogP contribution >= 0.6 is 0 Å². The minimum absolute atomic E-state index is 0.119. The number of aromatic nitrogens is 3. The maximum Gasteiger partial charge on any atom is 0.263 e. The monoisotopic (exact) mass is 385 g/mol. The lowest BCUT2D eigenvalue weighted by atomic mass is 10.1. The summed E-state index contributed by atoms with van der Waals surface area (Å²) >= 11 is 0. The number of nitrogens with one attached hydrogen (secondary N) is 1. The van der Waals surface area contributed by atoms with Gasteiger partial charge in [0.25, 0.3) is 5.71 Å². The molecule has 1 N–H and O–H groups in total. The minimum Gasteiger partial charge on any atom is -0.339 e. The highest BCUT2D eigenvalue weighted by molar-refractivity contribution is 5.96. The van der Waals surface area contributed by atoms with Crippen LogP contribution in [0.15, 0.2) is 59.4 Å². The summed E-state index contributed by atoms with van der Waals surface area (Å²) in [5.74, 6) is 0.763. The van der Waals surface area contributed by atoms with Gasteiger partial charge in [0.1, 0.15) is 17.5 Å². The number of fused-ring (bicyclic) bond motifs is 2. The highest BCUT2D eigenvalue weighted by Gasteiger charge is 2.24. The molecule has 0 spiro atoms. The van der Waals surface area contributed by atoms with E-state index in [0.29, 0.717) is 18.0 Å². The van der Waals surface area contributed by atoms with Crippen molar-refractivity contribution < 1.29 is 9.32 Å². The van der Waals surface area contributed by atoms with Crippen LogP contribution in [0.3, 0.4) is 0 Å². The van der Waals surface area contributed by atoms with E-state index in [1.165, 1.54) is 11.9 Å². The van der Waals surface area contributed by atoms with Crippen molar-refractivity contribution in [3.8, 4) is 0 Å². The van der Waals surface area contributed by atoms with Crippen LogP contribution in [0, 0.1) is 6.92 Å². The number of rotatable bonds is 4. The fraction of sp³-hybridized carbons (Fsp3) is 0.182. The van der Waals surface area contributed by atoms with Gasteiger partial charge < -0.3 is 14.7 Å². The van der Waals surface area contributed by atoms with Gasteiger partial charge in [-0.3, -0.25) is 4.79 Å². The van der Waals surface area contributed by atoms with E-state index >= 15 is 0 Å². The summed E-state index contributed by atoms with van der Waals surface area (Å²) in [4.78, 5) is 23.0. The van der Waals surface area contributed by atoms with Crippen LogP contribution in [0.5, 0.6) is 0 Å². The molecule has 2 aromatic carbocycles. The van der Waals surface area contributed by atoms with Gasteiger partial charge in [0, 0.05) is 17.9 Å². The number of benzene rings is 2. The van der Waals surface area contributed by atoms with Crippen LogP contribution in [0.25, 0.3) is 11.1 Å². The molecular weight excluding hydrogens is 366 g/mol. The Morgan fingerprint density at radius 1 is 1.14 bits per heavy atom. The molecule has 0 atom stereocenters. The molecule has 1 amide bonds. The number of nitrogens with zero attached hydrogens (tertiary/aromatic N) is 4. The SMILES string of the molecule is Cc1noc2ncnc(Nc3ccc(CC(=O)N4CCc5ccccc54)cc3)c12. The molecule has 0 bridgehead atoms. The van der Waals surface area contributed by atoms with Crippen molar-refractivity contribution in [2.24, 2.45) is 0 Å². The van der Waals surface area contributed by atoms with Gasteiger partial charge in [-0.05, 0) is 42.7 Å². The van der Waals surface area contributed by atoms with Crippen LogP contribution in [0.1, 0.15) is 16.8 Å². The van der Waals surface area contributed by atoms with Crippen molar-refractivity contribution in [3.05, 3.63) is 71.7 Å². The standard InChI is InChI=1S/C22H19N5O2/c1-14-20-21(23-13-24-22(20)29-26-14)25-17-8-6-15(7-9-17)12-19(28)27-11-10-16-4-2-3-5-18(16)27/h2-9,13H,10-12H2,1H3,(H,23,24,25). The summed E-state index contributed by atoms with van der Waals surface area (Å²) in [5.41, 5.74) is 5.30. The summed E-state index contributed by atoms with van der Waals surface area (Å²) in [6, 6.07) is 15.9. The molecule has 29 heavy (non-hydrogen) atoms. The van der Waals surface area contributed by atoms with Gasteiger partial charge in [0.15, 0.2) is 0 Å². The number of para-hydroxylation sites is 1. The number of amides is 1. The summed E-state index contributed by atoms with van der Waals surface area (Å²) < 4.78 is 5.18. The Labute approximate surface area is 167 Å². The summed E-state index contributed by atoms with van der Waals surface area (Å²) in [6.45, 7) is 2.60. The molecule has 144 valence electrons. The molecule has 0 radical (unpaired) electrons. The number of carbonyl (C=O) groups is 1. The molecule has 4 aromatic rings. The molecule has 1 aliphatic rings. The van der Waals surface area contributed by atoms with Crippen molar-refractivity contribution in [1.29, 1.82) is 0 Å². The van der Waals surface area contributed by atoms with Crippen molar-refractivity contribution in [3.63, 3.8) is 0 Å². The Bertz CT molecular complexity index is 1200. The smallest absolute Gasteiger partial charge is 0.263 e. The van der Waals surface area contributed by atoms with Gasteiger partial charge in [-0.2, -0.15) is 4.98 Å². The Morgan fingerprint density at radius 2 is 1.97 bits per heavy atom. The Hall–Kier alpha value is -3.74. The Balaban J connectivity index is 1.31. The molecule has 0 aliphatic carbocycles. The van der Waals surface area contributed by atoms with Gasteiger partial charge in [-0.1, -0.05) is 35.5 Å². The first-order valence-electron chi connectivity index (χ1n) is 9.50. The lowest BCUT2D eigenvalue weighted by Gasteiger charge is -2.17. The summed E-state index contributed by atoms with van der Waals surface area (Å²) in [6.07, 6.45) is 2.73. The number of anilines is 3. The molecule has 3 heterocycles. The lowest BCUT2D eigenvalue weighted by Crippen LogP contribution is -2.30. The lowest BCUT2D eigenvalue weighted by molar-refractivity contribution is -0.117. The van der Waals surface area contributed by atoms with Gasteiger partial charge in [0.05, 0.1) is 12.1 Å². The van der Waals surface area contributed by atoms with Crippen LogP contribution in [-0.2, 0) is 17.6 Å². The third-order valence-corrected chi connectivity index (χ3v) is 5.20. The summed E-state index contributed by atoms with van der Waals surface area (Å²) in [7, 11) is 0. The van der Waals surface area contributed by atoms with Crippen molar-refractivity contribution in [2.75, 3.05) is 16.8 Å². The first-order valence-corrected chi connectivity index (χ1v) is 9.50. The van der Waals surface area contributed by atoms with E-state index in [4.69, 9.17) is 4.52 Å². The highest BCUT2D eigenvalue weighted by atomic mass is 16.5. The number of carbonyl (C=O) groups excluding carboxylic acids is 1. The normalized spacial score (nSPS) is 12.9. The average molecular weight is 385 g/mol. The Kier molecular flexibility index (Phi) is 4.20. The number of hydrogen-bond donors (Lipinski definition) is 1. The van der Waals surface area contributed by atoms with Gasteiger partial charge in [-0.25, -0.2) is 4.98 Å². The first-order chi connectivity index (χ1) is 14.2. The largest absolute Gasteiger partial charge is 0.339 e. The maximum absolute atomic E-state index is 12.8. The number of aryl methyl sites for hydroxylation is 1. The van der Waals surface area contributed by atoms with Crippen molar-refractivity contribution in [2.45, 2.75) is 19.8 Å². The van der Waals surface area contributed by atoms with Crippen LogP contribution < -0.4 is 10.2 Å². The molecule has 7 heteroatoms. The Morgan fingerprint density at radius 3 is 2.83 bits per heavy atom. The van der Waals surface area contributed by atoms with E-state index in [1.54, 1.807) is 0 Å². The third-order valence-electron chi connectivity index (χ3n) is 5.20. The second-order valence-electron chi connectivity index (χ2n) is 7.09. The molecule has 0 saturated carbocycles. The van der Waals surface area contributed by atoms with Crippen molar-refractivity contribution in [1.82, 2.24) is 15.1 Å². The highest BCUT2D eigenvalue weighted by Crippen LogP contribution is 2.29. The molecule has 0 saturated heterocycles. The average Bonchev–Trinajstić information content (AvgIpc) is 3.34. The van der Waals surface area contributed by atoms with E-state index in [-0.39, 0.29) is 5.91 Å². The fourth-order valence-electron chi connectivity index (χ4n) is 3.73. The zero-order chi connectivity index (χ0) is 19.8. The third kappa shape index (κ3) is 3.20. The fourth-order valence-corrected chi connectivity index (χ4v) is 3.73. The summed E-state index contributed by atoms with van der Waals surface area (Å²) in [5, 5.41) is 7.98. The van der Waals surface area contributed by atoms with E-state index in [2.05, 4.69) is 26.5 Å². The van der Waals surface area contributed by atoms with E-state index in [9.17, 15) is 4.79 Å². The van der Waals surface area contributed by atoms with E-state index < -0.39 is 0 Å². The molecule has 7 nitrogen and oxygen atoms in total. The minimum atomic E-state index is 0.119. The zero-order valence-electron chi connectivity index (χ0n) is 15.9. The molecular formula is C22H19N5O2. The van der Waals surface area contributed by atoms with E-state index in [1.807, 2.05) is 54.3 Å². The van der Waals surface area contributed by atoms with Crippen molar-refractivity contribution >= 4 is 34.2 Å². The quantitative estimate of drug-likeness (QED) is 0.575. The maximum atomic E-state index is 12.8. The molecule has 0 fully saturated rings. The molecule has 5 rings (SSSR count). The van der Waals surface area contributed by atoms with Crippen LogP contribution in [0.2, 0.25) is 0 Å². The molecule has 1 aliphatic heterocycles. The first kappa shape index (κ1) is 17.4. The molecule has 2 aromatic heterocycles. The molecule has 0 unspecified atom stereocenters. The van der Waals surface area contributed by atoms with Crippen LogP contribution in [-0.4, -0.2) is 27.6 Å². The van der Waals surface area contributed by atoms with E-state index in [0.717, 1.165) is 41.0 Å². The predicted octanol–water partition coefficient (Wildman–Crippen LogP) is 3.80. The van der Waals surface area contributed by atoms with Gasteiger partial charge in [-0.15, -0.1) is 0 Å². The second-order valence-corrected chi connectivity index (χ2v) is 7.09.